The van der Waals surface area contributed by atoms with E-state index in [0.29, 0.717) is 96.9 Å². The summed E-state index contributed by atoms with van der Waals surface area (Å²) >= 11 is 0. The zero-order valence-electron chi connectivity index (χ0n) is 65.3. The predicted octanol–water partition coefficient (Wildman–Crippen LogP) is 2.56. The minimum absolute atomic E-state index is 0.0754. The number of rotatable bonds is 12. The topological polar surface area (TPSA) is 366 Å². The summed E-state index contributed by atoms with van der Waals surface area (Å²) in [7, 11) is 7.69. The lowest BCUT2D eigenvalue weighted by molar-refractivity contribution is -0.870. The maximum Gasteiger partial charge on any atom is 0.246 e. The second kappa shape index (κ2) is 38.7. The number of aliphatic hydroxyl groups is 1. The summed E-state index contributed by atoms with van der Waals surface area (Å²) in [5.74, 6) is -8.99. The van der Waals surface area contributed by atoms with Crippen LogP contribution in [0.4, 0.5) is 4.39 Å². The molecule has 0 radical (unpaired) electrons. The van der Waals surface area contributed by atoms with Crippen molar-refractivity contribution in [2.24, 2.45) is 0 Å². The molecule has 2 saturated heterocycles. The number of aliphatic hydroxyl groups excluding tert-OH is 1. The number of hydrogen-bond acceptors (Lipinski definition) is 15. The molecule has 4 aromatic carbocycles. The van der Waals surface area contributed by atoms with Crippen LogP contribution in [0.15, 0.2) is 97.2 Å². The maximum absolute atomic E-state index is 16.2. The molecule has 2 fully saturated rings. The number of unbranched alkanes of at least 4 members (excludes halogenated alkanes) is 2. The molecule has 0 saturated carbocycles. The summed E-state index contributed by atoms with van der Waals surface area (Å²) in [4.78, 5) is 183. The monoisotopic (exact) mass is 1550 g/mol. The van der Waals surface area contributed by atoms with Gasteiger partial charge in [0.2, 0.25) is 70.9 Å². The maximum atomic E-state index is 16.2. The fourth-order valence-electron chi connectivity index (χ4n) is 15.3. The first-order chi connectivity index (χ1) is 53.5. The third kappa shape index (κ3) is 22.7. The van der Waals surface area contributed by atoms with Crippen molar-refractivity contribution < 1.29 is 81.0 Å². The van der Waals surface area contributed by atoms with Crippen LogP contribution in [-0.2, 0) is 108 Å². The zero-order valence-corrected chi connectivity index (χ0v) is 65.3. The molecule has 0 aliphatic carbocycles. The number of methoxy groups -OCH3 is 1. The van der Waals surface area contributed by atoms with E-state index in [-0.39, 0.29) is 90.0 Å². The van der Waals surface area contributed by atoms with Crippen LogP contribution in [0.1, 0.15) is 138 Å². The molecule has 5 aromatic rings. The van der Waals surface area contributed by atoms with Gasteiger partial charge >= 0.3 is 0 Å². The zero-order chi connectivity index (χ0) is 80.4. The van der Waals surface area contributed by atoms with Crippen molar-refractivity contribution in [1.82, 2.24) is 67.1 Å². The second-order valence-corrected chi connectivity index (χ2v) is 31.5. The summed E-state index contributed by atoms with van der Waals surface area (Å²) in [6.07, 6.45) is 3.06. The van der Waals surface area contributed by atoms with Gasteiger partial charge < -0.3 is 86.2 Å². The molecule has 7 heterocycles. The summed E-state index contributed by atoms with van der Waals surface area (Å²) in [6, 6.07) is 14.1. The van der Waals surface area contributed by atoms with Gasteiger partial charge in [-0.05, 0) is 142 Å². The average Bonchev–Trinajstić information content (AvgIpc) is 1.63. The second-order valence-electron chi connectivity index (χ2n) is 31.5. The summed E-state index contributed by atoms with van der Waals surface area (Å²) in [6.45, 7) is 4.88. The first kappa shape index (κ1) is 84.1. The molecular formula is C82H110FN14O15+. The SMILES string of the molecule is COc1ccc(C[C@@H]2NC(=O)[C@H]([C@@H](C)O)NC(=O)[C@@H]3[C@@H]4CCN3C(=O)[C@@H]3Cc5cn(c6ccc(F)cc56)CCCCCCN(Cc5ccc(cc5)CCNC(=O)[C@]5(C)CCCN5C2=O)C(=O)CCC(=O)N[C@@H](C)C(=O)N[C@H](CNC(=O)CCCCC[N+](C)(C)C)C(=O)N[C@@H](Cc2cccc(c2)CNC(=O)CO4)C(=O)N3)cc1. The quantitative estimate of drug-likeness (QED) is 0.0634. The van der Waals surface area contributed by atoms with Crippen molar-refractivity contribution in [3.8, 4) is 5.75 Å². The van der Waals surface area contributed by atoms with E-state index in [9.17, 15) is 33.9 Å². The Morgan fingerprint density at radius 2 is 1.41 bits per heavy atom. The highest BCUT2D eigenvalue weighted by Crippen LogP contribution is 2.32. The van der Waals surface area contributed by atoms with Crippen molar-refractivity contribution >= 4 is 81.8 Å². The molecule has 30 heteroatoms. The van der Waals surface area contributed by atoms with Crippen molar-refractivity contribution in [3.63, 3.8) is 0 Å². The number of halogens is 1. The van der Waals surface area contributed by atoms with Crippen molar-refractivity contribution in [3.05, 3.63) is 136 Å². The van der Waals surface area contributed by atoms with Gasteiger partial charge in [-0.3, -0.25) is 57.5 Å². The van der Waals surface area contributed by atoms with Gasteiger partial charge in [-0.25, -0.2) is 4.39 Å². The Kier molecular flexibility index (Phi) is 29.1. The highest BCUT2D eigenvalue weighted by Gasteiger charge is 2.50. The van der Waals surface area contributed by atoms with Gasteiger partial charge in [0.25, 0.3) is 0 Å². The molecule has 11 rings (SSSR count). The Morgan fingerprint density at radius 1 is 0.688 bits per heavy atom. The molecule has 6 aliphatic rings. The average molecular weight is 1550 g/mol. The number of nitrogens with zero attached hydrogens (tertiary/aromatic N) is 5. The van der Waals surface area contributed by atoms with Crippen LogP contribution < -0.4 is 52.6 Å². The van der Waals surface area contributed by atoms with E-state index < -0.39 is 144 Å². The molecule has 6 aliphatic heterocycles. The number of carbonyl (C=O) groups excluding carboxylic acids is 12. The van der Waals surface area contributed by atoms with Crippen LogP contribution in [0.25, 0.3) is 10.9 Å². The van der Waals surface area contributed by atoms with Gasteiger partial charge in [0.15, 0.2) is 0 Å². The van der Waals surface area contributed by atoms with Gasteiger partial charge in [0.05, 0.1) is 47.0 Å². The summed E-state index contributed by atoms with van der Waals surface area (Å²) in [5, 5.41) is 37.2. The molecule has 12 amide bonds. The van der Waals surface area contributed by atoms with E-state index in [1.54, 1.807) is 72.6 Å². The van der Waals surface area contributed by atoms with Gasteiger partial charge in [-0.15, -0.1) is 0 Å². The number of quaternary nitrogens is 1. The van der Waals surface area contributed by atoms with E-state index >= 15 is 33.2 Å². The fourth-order valence-corrected chi connectivity index (χ4v) is 15.3. The lowest BCUT2D eigenvalue weighted by Crippen LogP contribution is -2.64. The van der Waals surface area contributed by atoms with E-state index in [4.69, 9.17) is 9.47 Å². The van der Waals surface area contributed by atoms with Crippen LogP contribution >= 0.6 is 0 Å². The number of nitrogens with one attached hydrogen (secondary N) is 9. The number of hydrogen-bond donors (Lipinski definition) is 10. The molecule has 0 spiro atoms. The van der Waals surface area contributed by atoms with Gasteiger partial charge in [-0.2, -0.15) is 0 Å². The lowest BCUT2D eigenvalue weighted by Gasteiger charge is -2.37. The van der Waals surface area contributed by atoms with Crippen molar-refractivity contribution in [1.29, 1.82) is 0 Å². The number of fused-ring (bicyclic) bond motifs is 16. The Bertz CT molecular complexity index is 4220. The number of carbonyl (C=O) groups is 12. The molecule has 112 heavy (non-hydrogen) atoms. The summed E-state index contributed by atoms with van der Waals surface area (Å²) < 4.78 is 30.2. The normalized spacial score (nSPS) is 24.9. The minimum Gasteiger partial charge on any atom is -0.497 e. The first-order valence-corrected chi connectivity index (χ1v) is 39.2. The molecule has 29 nitrogen and oxygen atoms in total. The number of aryl methyl sites for hydroxylation is 1. The molecule has 0 unspecified atom stereocenters. The number of ether oxygens (including phenoxy) is 2. The highest BCUT2D eigenvalue weighted by atomic mass is 19.1. The molecule has 10 atom stereocenters. The minimum atomic E-state index is -1.85. The van der Waals surface area contributed by atoms with Crippen LogP contribution in [0, 0.1) is 5.82 Å². The predicted molar refractivity (Wildman–Crippen MR) is 413 cm³/mol. The Morgan fingerprint density at radius 3 is 2.15 bits per heavy atom. The van der Waals surface area contributed by atoms with Crippen LogP contribution in [0.3, 0.4) is 0 Å². The van der Waals surface area contributed by atoms with E-state index in [1.807, 2.05) is 28.8 Å². The van der Waals surface area contributed by atoms with Crippen LogP contribution in [-0.4, -0.2) is 234 Å². The third-order valence-corrected chi connectivity index (χ3v) is 21.7. The fraction of sp³-hybridized carbons (Fsp3) is 0.537. The van der Waals surface area contributed by atoms with E-state index in [1.165, 1.54) is 38.0 Å². The first-order valence-electron chi connectivity index (χ1n) is 39.2. The molecule has 10 N–H and O–H groups in total. The van der Waals surface area contributed by atoms with Gasteiger partial charge in [0, 0.05) is 108 Å². The van der Waals surface area contributed by atoms with Crippen molar-refractivity contribution in [2.75, 3.05) is 74.1 Å². The highest BCUT2D eigenvalue weighted by molar-refractivity contribution is 6.00. The lowest BCUT2D eigenvalue weighted by atomic mass is 9.95. The Balaban J connectivity index is 1.08. The third-order valence-electron chi connectivity index (χ3n) is 21.7. The molecule has 12 bridgehead atoms. The number of benzene rings is 4. The van der Waals surface area contributed by atoms with Crippen LogP contribution in [0.2, 0.25) is 0 Å². The largest absolute Gasteiger partial charge is 0.497 e. The number of amides is 12. The Labute approximate surface area is 652 Å². The molecule has 604 valence electrons. The molecular weight excluding hydrogens is 1440 g/mol. The van der Waals surface area contributed by atoms with Gasteiger partial charge in [0.1, 0.15) is 66.0 Å². The van der Waals surface area contributed by atoms with Crippen LogP contribution in [0.5, 0.6) is 5.75 Å². The van der Waals surface area contributed by atoms with Gasteiger partial charge in [-0.1, -0.05) is 73.5 Å². The standard InChI is InChI=1S/C82H109FN14O15/c1-51-74(103)91-65(47-86-68(99)19-11-10-14-40-97(4,5)6)76(105)88-62-43-56-17-15-18-57(41-56)46-85-70(101)50-112-67-33-39-95-73(67)78(107)92-72(52(2)98)77(106)90-63(42-54-24-27-60(111-7)28-25-54)80(109)96-38-16-34-82(96,3)81(110)84-35-32-53-20-22-55(23-21-53)48-94(71(102)31-30-69(100)87-51)37-13-9-8-12-36-93-49-58(44-64(79(95)108)89-75(62)104)61-45-59(83)26-29-66(61)93/h15,17-18,20-29,41,45,49,51-52,62-65,67,72-73,98H,8-14,16,19,30-40,42-44,46-48,50H2,1-7H3,(H8-,84,85,86,87,88,89,90,91,92,99,100,101,103,104,105,106,107,110)/p+1/t51-,52+,62-,63-,64-,65+,67-,72-,73-,82-/m0/s1. The van der Waals surface area contributed by atoms with Crippen molar-refractivity contribution in [2.45, 2.75) is 210 Å². The van der Waals surface area contributed by atoms with E-state index in [0.717, 1.165) is 39.9 Å². The smallest absolute Gasteiger partial charge is 0.246 e. The molecule has 1 aromatic heterocycles. The van der Waals surface area contributed by atoms with E-state index in [2.05, 4.69) is 69.0 Å². The number of aromatic nitrogens is 1. The Hall–Kier alpha value is -10.3. The summed E-state index contributed by atoms with van der Waals surface area (Å²) in [5.41, 5.74) is 2.77.